The molecule has 3 aromatic carbocycles. The normalized spacial score (nSPS) is 13.9. The Hall–Kier alpha value is -2.87. The largest absolute Gasteiger partial charge is 0.484 e. The molecule has 0 saturated carbocycles. The van der Waals surface area contributed by atoms with Gasteiger partial charge in [-0.05, 0) is 73.0 Å². The first-order valence-corrected chi connectivity index (χ1v) is 12.0. The number of hydrogen-bond donors (Lipinski definition) is 1. The molecular formula is C24H23ClN2O4S. The van der Waals surface area contributed by atoms with Crippen LogP contribution in [0.25, 0.3) is 0 Å². The van der Waals surface area contributed by atoms with Crippen molar-refractivity contribution in [1.82, 2.24) is 4.31 Å². The van der Waals surface area contributed by atoms with E-state index in [1.165, 1.54) is 16.4 Å². The van der Waals surface area contributed by atoms with Gasteiger partial charge in [-0.3, -0.25) is 4.79 Å². The van der Waals surface area contributed by atoms with Gasteiger partial charge in [-0.2, -0.15) is 4.31 Å². The first kappa shape index (κ1) is 22.3. The number of anilines is 1. The second-order valence-corrected chi connectivity index (χ2v) is 10.1. The van der Waals surface area contributed by atoms with Crippen molar-refractivity contribution in [3.05, 3.63) is 88.4 Å². The number of fused-ring (bicyclic) bond motifs is 1. The van der Waals surface area contributed by atoms with E-state index in [-0.39, 0.29) is 24.0 Å². The molecular weight excluding hydrogens is 448 g/mol. The van der Waals surface area contributed by atoms with Crippen molar-refractivity contribution < 1.29 is 17.9 Å². The van der Waals surface area contributed by atoms with Crippen molar-refractivity contribution in [2.45, 2.75) is 24.8 Å². The molecule has 0 aliphatic carbocycles. The maximum atomic E-state index is 13.0. The summed E-state index contributed by atoms with van der Waals surface area (Å²) in [4.78, 5) is 12.5. The molecule has 0 unspecified atom stereocenters. The summed E-state index contributed by atoms with van der Waals surface area (Å²) in [6, 6.07) is 19.2. The monoisotopic (exact) mass is 470 g/mol. The number of carbonyl (C=O) groups excluding carboxylic acids is 1. The highest BCUT2D eigenvalue weighted by Crippen LogP contribution is 2.27. The Kier molecular flexibility index (Phi) is 6.50. The van der Waals surface area contributed by atoms with Crippen LogP contribution in [0, 0.1) is 6.92 Å². The molecule has 1 N–H and O–H groups in total. The van der Waals surface area contributed by atoms with E-state index in [0.717, 1.165) is 16.7 Å². The standard InChI is InChI=1S/C24H23ClN2O4S/c1-17-2-8-22(9-3-17)31-16-24(28)26-21-7-4-18-12-13-27(15-19(18)14-21)32(29,30)23-10-5-20(25)6-11-23/h2-11,14H,12-13,15-16H2,1H3,(H,26,28). The molecule has 0 radical (unpaired) electrons. The van der Waals surface area contributed by atoms with Crippen molar-refractivity contribution in [3.8, 4) is 5.75 Å². The van der Waals surface area contributed by atoms with Gasteiger partial charge in [0.05, 0.1) is 4.90 Å². The molecule has 3 aromatic rings. The minimum Gasteiger partial charge on any atom is -0.484 e. The van der Waals surface area contributed by atoms with Gasteiger partial charge >= 0.3 is 0 Å². The fourth-order valence-electron chi connectivity index (χ4n) is 3.55. The lowest BCUT2D eigenvalue weighted by Crippen LogP contribution is -2.36. The minimum absolute atomic E-state index is 0.114. The van der Waals surface area contributed by atoms with E-state index < -0.39 is 10.0 Å². The predicted octanol–water partition coefficient (Wildman–Crippen LogP) is 4.41. The van der Waals surface area contributed by atoms with Crippen LogP contribution < -0.4 is 10.1 Å². The summed E-state index contributed by atoms with van der Waals surface area (Å²) in [6.45, 7) is 2.50. The number of ether oxygens (including phenoxy) is 1. The molecule has 1 heterocycles. The average Bonchev–Trinajstić information content (AvgIpc) is 2.78. The van der Waals surface area contributed by atoms with Crippen molar-refractivity contribution in [2.75, 3.05) is 18.5 Å². The van der Waals surface area contributed by atoms with Gasteiger partial charge < -0.3 is 10.1 Å². The van der Waals surface area contributed by atoms with Crippen LogP contribution in [0.15, 0.2) is 71.6 Å². The number of halogens is 1. The molecule has 0 saturated heterocycles. The van der Waals surface area contributed by atoms with Crippen LogP contribution in [-0.2, 0) is 27.8 Å². The van der Waals surface area contributed by atoms with Gasteiger partial charge in [-0.15, -0.1) is 0 Å². The van der Waals surface area contributed by atoms with Crippen LogP contribution in [0.1, 0.15) is 16.7 Å². The third kappa shape index (κ3) is 5.12. The summed E-state index contributed by atoms with van der Waals surface area (Å²) >= 11 is 5.88. The van der Waals surface area contributed by atoms with Gasteiger partial charge in [-0.1, -0.05) is 35.4 Å². The number of amides is 1. The highest BCUT2D eigenvalue weighted by molar-refractivity contribution is 7.89. The molecule has 0 fully saturated rings. The van der Waals surface area contributed by atoms with E-state index in [9.17, 15) is 13.2 Å². The van der Waals surface area contributed by atoms with Crippen LogP contribution in [-0.4, -0.2) is 31.8 Å². The van der Waals surface area contributed by atoms with Crippen LogP contribution in [0.2, 0.25) is 5.02 Å². The molecule has 0 aromatic heterocycles. The van der Waals surface area contributed by atoms with Crippen molar-refractivity contribution >= 4 is 33.2 Å². The summed E-state index contributed by atoms with van der Waals surface area (Å²) in [5, 5.41) is 3.30. The number of benzene rings is 3. The maximum Gasteiger partial charge on any atom is 0.262 e. The highest BCUT2D eigenvalue weighted by atomic mass is 35.5. The van der Waals surface area contributed by atoms with E-state index in [1.54, 1.807) is 12.1 Å². The van der Waals surface area contributed by atoms with E-state index in [4.69, 9.17) is 16.3 Å². The Morgan fingerprint density at radius 2 is 1.75 bits per heavy atom. The van der Waals surface area contributed by atoms with Crippen molar-refractivity contribution in [3.63, 3.8) is 0 Å². The molecule has 6 nitrogen and oxygen atoms in total. The highest BCUT2D eigenvalue weighted by Gasteiger charge is 2.28. The Morgan fingerprint density at radius 1 is 1.03 bits per heavy atom. The van der Waals surface area contributed by atoms with Gasteiger partial charge in [0.15, 0.2) is 6.61 Å². The molecule has 0 bridgehead atoms. The zero-order valence-electron chi connectivity index (χ0n) is 17.5. The van der Waals surface area contributed by atoms with Crippen LogP contribution in [0.3, 0.4) is 0 Å². The van der Waals surface area contributed by atoms with E-state index in [2.05, 4.69) is 5.32 Å². The van der Waals surface area contributed by atoms with Crippen LogP contribution in [0.4, 0.5) is 5.69 Å². The molecule has 32 heavy (non-hydrogen) atoms. The summed E-state index contributed by atoms with van der Waals surface area (Å²) in [7, 11) is -3.63. The summed E-state index contributed by atoms with van der Waals surface area (Å²) in [5.74, 6) is 0.339. The number of nitrogens with one attached hydrogen (secondary N) is 1. The summed E-state index contributed by atoms with van der Waals surface area (Å²) in [5.41, 5.74) is 3.66. The first-order valence-electron chi connectivity index (χ1n) is 10.2. The summed E-state index contributed by atoms with van der Waals surface area (Å²) < 4.78 is 33.0. The van der Waals surface area contributed by atoms with Crippen molar-refractivity contribution in [1.29, 1.82) is 0 Å². The quantitative estimate of drug-likeness (QED) is 0.579. The number of rotatable bonds is 6. The van der Waals surface area contributed by atoms with Crippen LogP contribution in [0.5, 0.6) is 5.75 Å². The number of sulfonamides is 1. The topological polar surface area (TPSA) is 75.7 Å². The first-order chi connectivity index (χ1) is 15.3. The molecule has 1 aliphatic heterocycles. The van der Waals surface area contributed by atoms with Gasteiger partial charge in [-0.25, -0.2) is 8.42 Å². The molecule has 8 heteroatoms. The lowest BCUT2D eigenvalue weighted by Gasteiger charge is -2.28. The van der Waals surface area contributed by atoms with E-state index in [1.807, 2.05) is 49.4 Å². The Morgan fingerprint density at radius 3 is 2.47 bits per heavy atom. The molecule has 4 rings (SSSR count). The maximum absolute atomic E-state index is 13.0. The lowest BCUT2D eigenvalue weighted by atomic mass is 10.0. The van der Waals surface area contributed by atoms with Crippen molar-refractivity contribution in [2.24, 2.45) is 0 Å². The smallest absolute Gasteiger partial charge is 0.262 e. The van der Waals surface area contributed by atoms with E-state index >= 15 is 0 Å². The molecule has 166 valence electrons. The number of nitrogens with zero attached hydrogens (tertiary/aromatic N) is 1. The second kappa shape index (κ2) is 9.32. The van der Waals surface area contributed by atoms with Gasteiger partial charge in [0.2, 0.25) is 10.0 Å². The number of hydrogen-bond acceptors (Lipinski definition) is 4. The third-order valence-corrected chi connectivity index (χ3v) is 7.42. The molecule has 0 spiro atoms. The zero-order chi connectivity index (χ0) is 22.7. The third-order valence-electron chi connectivity index (χ3n) is 5.31. The molecule has 1 amide bonds. The number of carbonyl (C=O) groups is 1. The molecule has 1 aliphatic rings. The van der Waals surface area contributed by atoms with Crippen LogP contribution >= 0.6 is 11.6 Å². The predicted molar refractivity (Wildman–Crippen MR) is 124 cm³/mol. The minimum atomic E-state index is -3.63. The van der Waals surface area contributed by atoms with Gasteiger partial charge in [0.1, 0.15) is 5.75 Å². The zero-order valence-corrected chi connectivity index (χ0v) is 19.1. The number of aryl methyl sites for hydroxylation is 1. The Bertz CT molecular complexity index is 1230. The Labute approximate surface area is 192 Å². The van der Waals surface area contributed by atoms with Gasteiger partial charge in [0.25, 0.3) is 5.91 Å². The molecule has 0 atom stereocenters. The lowest BCUT2D eigenvalue weighted by molar-refractivity contribution is -0.118. The van der Waals surface area contributed by atoms with Gasteiger partial charge in [0, 0.05) is 23.8 Å². The SMILES string of the molecule is Cc1ccc(OCC(=O)Nc2ccc3c(c2)CN(S(=O)(=O)c2ccc(Cl)cc2)CC3)cc1. The summed E-state index contributed by atoms with van der Waals surface area (Å²) in [6.07, 6.45) is 0.604. The second-order valence-electron chi connectivity index (χ2n) is 7.68. The average molecular weight is 471 g/mol. The fourth-order valence-corrected chi connectivity index (χ4v) is 5.10. The van der Waals surface area contributed by atoms with E-state index in [0.29, 0.717) is 29.4 Å². The Balaban J connectivity index is 1.42. The fraction of sp³-hybridized carbons (Fsp3) is 0.208.